The Kier molecular flexibility index (Phi) is 4.17. The van der Waals surface area contributed by atoms with Crippen LogP contribution in [0.25, 0.3) is 11.3 Å². The molecule has 2 heterocycles. The molecule has 0 fully saturated rings. The van der Waals surface area contributed by atoms with E-state index in [-0.39, 0.29) is 5.91 Å². The summed E-state index contributed by atoms with van der Waals surface area (Å²) in [5, 5.41) is 7.99. The van der Waals surface area contributed by atoms with E-state index in [2.05, 4.69) is 16.5 Å². The monoisotopic (exact) mass is 367 g/mol. The average Bonchev–Trinajstić information content (AvgIpc) is 2.97. The Labute approximate surface area is 156 Å². The van der Waals surface area contributed by atoms with E-state index in [1.165, 1.54) is 0 Å². The van der Waals surface area contributed by atoms with Crippen LogP contribution in [-0.2, 0) is 20.2 Å². The minimum Gasteiger partial charge on any atom is -0.488 e. The van der Waals surface area contributed by atoms with Crippen molar-refractivity contribution in [1.29, 1.82) is 0 Å². The van der Waals surface area contributed by atoms with Crippen molar-refractivity contribution in [1.82, 2.24) is 15.1 Å². The highest BCUT2D eigenvalue weighted by Gasteiger charge is 2.28. The maximum atomic E-state index is 12.7. The number of carbonyl (C=O) groups is 1. The van der Waals surface area contributed by atoms with Crippen LogP contribution in [0.4, 0.5) is 0 Å². The van der Waals surface area contributed by atoms with Gasteiger partial charge < -0.3 is 10.1 Å². The Bertz CT molecular complexity index is 1010. The number of rotatable bonds is 3. The second kappa shape index (κ2) is 6.50. The Morgan fingerprint density at radius 3 is 2.96 bits per heavy atom. The topological polar surface area (TPSA) is 56.2 Å². The minimum atomic E-state index is -0.211. The Balaban J connectivity index is 1.63. The standard InChI is InChI=1S/C20H18ClN3O2/c1-12-4-3-5-13(8-12)10-22-20(25)18-16-11-26-17-7-6-14(21)9-15(17)19(16)24(2)23-18/h3-9H,10-11H2,1-2H3,(H,22,25). The molecule has 1 aliphatic heterocycles. The van der Waals surface area contributed by atoms with Gasteiger partial charge in [0.1, 0.15) is 12.4 Å². The first-order chi connectivity index (χ1) is 12.5. The Hall–Kier alpha value is -2.79. The lowest BCUT2D eigenvalue weighted by Gasteiger charge is -2.19. The molecule has 0 saturated carbocycles. The number of amides is 1. The van der Waals surface area contributed by atoms with Crippen molar-refractivity contribution < 1.29 is 9.53 Å². The van der Waals surface area contributed by atoms with Crippen molar-refractivity contribution in [3.05, 3.63) is 69.9 Å². The molecule has 0 atom stereocenters. The number of fused-ring (bicyclic) bond motifs is 3. The Morgan fingerprint density at radius 2 is 2.15 bits per heavy atom. The number of nitrogens with zero attached hydrogens (tertiary/aromatic N) is 2. The maximum absolute atomic E-state index is 12.7. The summed E-state index contributed by atoms with van der Waals surface area (Å²) in [6.07, 6.45) is 0. The van der Waals surface area contributed by atoms with E-state index in [1.54, 1.807) is 10.7 Å². The van der Waals surface area contributed by atoms with Gasteiger partial charge in [-0.1, -0.05) is 41.4 Å². The highest BCUT2D eigenvalue weighted by Crippen LogP contribution is 2.39. The molecule has 0 aliphatic carbocycles. The normalized spacial score (nSPS) is 12.1. The fourth-order valence-electron chi connectivity index (χ4n) is 3.28. The van der Waals surface area contributed by atoms with Crippen LogP contribution in [0.15, 0.2) is 42.5 Å². The van der Waals surface area contributed by atoms with Gasteiger partial charge in [-0.2, -0.15) is 5.10 Å². The van der Waals surface area contributed by atoms with E-state index in [4.69, 9.17) is 16.3 Å². The van der Waals surface area contributed by atoms with Gasteiger partial charge in [0.05, 0.1) is 5.69 Å². The van der Waals surface area contributed by atoms with Crippen LogP contribution in [0.2, 0.25) is 5.02 Å². The smallest absolute Gasteiger partial charge is 0.272 e. The van der Waals surface area contributed by atoms with Crippen LogP contribution in [0.1, 0.15) is 27.2 Å². The number of benzene rings is 2. The van der Waals surface area contributed by atoms with Gasteiger partial charge in [-0.25, -0.2) is 0 Å². The zero-order chi connectivity index (χ0) is 18.3. The highest BCUT2D eigenvalue weighted by molar-refractivity contribution is 6.31. The maximum Gasteiger partial charge on any atom is 0.272 e. The van der Waals surface area contributed by atoms with Crippen molar-refractivity contribution in [3.63, 3.8) is 0 Å². The molecule has 6 heteroatoms. The number of carbonyl (C=O) groups excluding carboxylic acids is 1. The van der Waals surface area contributed by atoms with E-state index in [9.17, 15) is 4.79 Å². The van der Waals surface area contributed by atoms with Crippen molar-refractivity contribution in [2.24, 2.45) is 7.05 Å². The van der Waals surface area contributed by atoms with E-state index < -0.39 is 0 Å². The van der Waals surface area contributed by atoms with E-state index in [0.717, 1.165) is 33.7 Å². The van der Waals surface area contributed by atoms with E-state index in [0.29, 0.717) is 23.9 Å². The van der Waals surface area contributed by atoms with Gasteiger partial charge in [-0.3, -0.25) is 9.48 Å². The molecule has 0 bridgehead atoms. The third-order valence-corrected chi connectivity index (χ3v) is 4.70. The quantitative estimate of drug-likeness (QED) is 0.764. The third-order valence-electron chi connectivity index (χ3n) is 4.46. The predicted octanol–water partition coefficient (Wildman–Crippen LogP) is 3.87. The lowest BCUT2D eigenvalue weighted by Crippen LogP contribution is -2.25. The van der Waals surface area contributed by atoms with Crippen LogP contribution >= 0.6 is 11.6 Å². The first-order valence-electron chi connectivity index (χ1n) is 8.35. The molecule has 0 radical (unpaired) electrons. The zero-order valence-electron chi connectivity index (χ0n) is 14.5. The average molecular weight is 368 g/mol. The molecule has 3 aromatic rings. The number of hydrogen-bond donors (Lipinski definition) is 1. The number of aryl methyl sites for hydroxylation is 2. The molecule has 1 aliphatic rings. The van der Waals surface area contributed by atoms with Gasteiger partial charge in [-0.15, -0.1) is 0 Å². The molecule has 0 unspecified atom stereocenters. The second-order valence-electron chi connectivity index (χ2n) is 6.40. The van der Waals surface area contributed by atoms with Crippen molar-refractivity contribution in [3.8, 4) is 17.0 Å². The van der Waals surface area contributed by atoms with Crippen molar-refractivity contribution in [2.45, 2.75) is 20.1 Å². The van der Waals surface area contributed by atoms with Crippen LogP contribution in [-0.4, -0.2) is 15.7 Å². The molecule has 26 heavy (non-hydrogen) atoms. The fourth-order valence-corrected chi connectivity index (χ4v) is 3.45. The molecular weight excluding hydrogens is 350 g/mol. The third kappa shape index (κ3) is 2.95. The summed E-state index contributed by atoms with van der Waals surface area (Å²) in [6, 6.07) is 13.5. The summed E-state index contributed by atoms with van der Waals surface area (Å²) in [7, 11) is 1.83. The van der Waals surface area contributed by atoms with Gasteiger partial charge >= 0.3 is 0 Å². The lowest BCUT2D eigenvalue weighted by molar-refractivity contribution is 0.0942. The molecule has 4 rings (SSSR count). The van der Waals surface area contributed by atoms with Gasteiger partial charge in [0.25, 0.3) is 5.91 Å². The number of ether oxygens (including phenoxy) is 1. The molecule has 2 aromatic carbocycles. The predicted molar refractivity (Wildman–Crippen MR) is 100 cm³/mol. The first-order valence-corrected chi connectivity index (χ1v) is 8.73. The highest BCUT2D eigenvalue weighted by atomic mass is 35.5. The summed E-state index contributed by atoms with van der Waals surface area (Å²) < 4.78 is 7.51. The fraction of sp³-hybridized carbons (Fsp3) is 0.200. The van der Waals surface area contributed by atoms with Gasteiger partial charge in [-0.05, 0) is 30.7 Å². The Morgan fingerprint density at radius 1 is 1.31 bits per heavy atom. The van der Waals surface area contributed by atoms with Crippen LogP contribution in [0.5, 0.6) is 5.75 Å². The molecule has 5 nitrogen and oxygen atoms in total. The van der Waals surface area contributed by atoms with Crippen LogP contribution in [0, 0.1) is 6.92 Å². The molecule has 1 N–H and O–H groups in total. The molecule has 0 spiro atoms. The first kappa shape index (κ1) is 16.7. The van der Waals surface area contributed by atoms with Crippen LogP contribution in [0.3, 0.4) is 0 Å². The summed E-state index contributed by atoms with van der Waals surface area (Å²) >= 11 is 6.13. The molecule has 0 saturated heterocycles. The van der Waals surface area contributed by atoms with Crippen LogP contribution < -0.4 is 10.1 Å². The lowest BCUT2D eigenvalue weighted by atomic mass is 10.0. The molecule has 132 valence electrons. The van der Waals surface area contributed by atoms with Gasteiger partial charge in [0.2, 0.25) is 0 Å². The molecular formula is C20H18ClN3O2. The molecule has 1 aromatic heterocycles. The summed E-state index contributed by atoms with van der Waals surface area (Å²) in [5.74, 6) is 0.536. The van der Waals surface area contributed by atoms with E-state index >= 15 is 0 Å². The van der Waals surface area contributed by atoms with Gasteiger partial charge in [0.15, 0.2) is 5.69 Å². The number of hydrogen-bond acceptors (Lipinski definition) is 3. The van der Waals surface area contributed by atoms with Gasteiger partial charge in [0, 0.05) is 29.7 Å². The molecule has 1 amide bonds. The number of nitrogens with one attached hydrogen (secondary N) is 1. The van der Waals surface area contributed by atoms with Crippen molar-refractivity contribution >= 4 is 17.5 Å². The summed E-state index contributed by atoms with van der Waals surface area (Å²) in [5.41, 5.74) is 5.11. The zero-order valence-corrected chi connectivity index (χ0v) is 15.3. The number of aromatic nitrogens is 2. The van der Waals surface area contributed by atoms with E-state index in [1.807, 2.05) is 44.3 Å². The number of halogens is 1. The largest absolute Gasteiger partial charge is 0.488 e. The summed E-state index contributed by atoms with van der Waals surface area (Å²) in [6.45, 7) is 2.79. The second-order valence-corrected chi connectivity index (χ2v) is 6.84. The van der Waals surface area contributed by atoms with Crippen molar-refractivity contribution in [2.75, 3.05) is 0 Å². The minimum absolute atomic E-state index is 0.211. The summed E-state index contributed by atoms with van der Waals surface area (Å²) in [4.78, 5) is 12.7. The SMILES string of the molecule is Cc1cccc(CNC(=O)c2nn(C)c3c2COc2ccc(Cl)cc2-3)c1.